The number of rotatable bonds is 5. The average molecular weight is 184 g/mol. The van der Waals surface area contributed by atoms with Gasteiger partial charge in [-0.1, -0.05) is 13.3 Å². The summed E-state index contributed by atoms with van der Waals surface area (Å²) in [4.78, 5) is 0. The lowest BCUT2D eigenvalue weighted by molar-refractivity contribution is 0.135. The van der Waals surface area contributed by atoms with Crippen molar-refractivity contribution >= 4 is 5.96 Å². The van der Waals surface area contributed by atoms with Crippen molar-refractivity contribution in [3.8, 4) is 0 Å². The van der Waals surface area contributed by atoms with Gasteiger partial charge in [-0.25, -0.2) is 0 Å². The number of guanidine groups is 1. The molecule has 1 fully saturated rings. The van der Waals surface area contributed by atoms with Gasteiger partial charge in [-0.3, -0.25) is 5.41 Å². The lowest BCUT2D eigenvalue weighted by Crippen LogP contribution is -2.49. The van der Waals surface area contributed by atoms with Crippen molar-refractivity contribution in [3.05, 3.63) is 0 Å². The van der Waals surface area contributed by atoms with Gasteiger partial charge in [0.05, 0.1) is 0 Å². The maximum absolute atomic E-state index is 7.10. The van der Waals surface area contributed by atoms with Crippen LogP contribution in [0.2, 0.25) is 0 Å². The van der Waals surface area contributed by atoms with E-state index < -0.39 is 0 Å². The molecule has 0 aliphatic heterocycles. The van der Waals surface area contributed by atoms with E-state index >= 15 is 0 Å². The molecule has 4 heteroatoms. The molecule has 0 aromatic rings. The molecule has 0 aromatic heterocycles. The van der Waals surface area contributed by atoms with Crippen molar-refractivity contribution < 1.29 is 0 Å². The molecule has 0 spiro atoms. The molecule has 0 amide bonds. The van der Waals surface area contributed by atoms with Crippen LogP contribution < -0.4 is 16.4 Å². The molecule has 13 heavy (non-hydrogen) atoms. The summed E-state index contributed by atoms with van der Waals surface area (Å²) in [6, 6.07) is 0. The van der Waals surface area contributed by atoms with Crippen molar-refractivity contribution in [2.24, 2.45) is 11.1 Å². The van der Waals surface area contributed by atoms with Gasteiger partial charge in [-0.15, -0.1) is 0 Å². The highest BCUT2D eigenvalue weighted by molar-refractivity contribution is 5.74. The molecule has 0 atom stereocenters. The molecule has 0 aromatic carbocycles. The largest absolute Gasteiger partial charge is 0.370 e. The second-order valence-electron chi connectivity index (χ2n) is 3.90. The summed E-state index contributed by atoms with van der Waals surface area (Å²) in [5, 5.41) is 13.4. The Kier molecular flexibility index (Phi) is 3.54. The fourth-order valence-electron chi connectivity index (χ4n) is 1.77. The van der Waals surface area contributed by atoms with Crippen molar-refractivity contribution in [1.29, 1.82) is 5.41 Å². The zero-order valence-electron chi connectivity index (χ0n) is 8.32. The van der Waals surface area contributed by atoms with Crippen LogP contribution in [0.3, 0.4) is 0 Å². The highest BCUT2D eigenvalue weighted by Crippen LogP contribution is 2.39. The van der Waals surface area contributed by atoms with Gasteiger partial charge in [0.2, 0.25) is 0 Å². The highest BCUT2D eigenvalue weighted by atomic mass is 15.1. The Morgan fingerprint density at radius 3 is 2.54 bits per heavy atom. The molecule has 76 valence electrons. The van der Waals surface area contributed by atoms with E-state index in [1.54, 1.807) is 0 Å². The third kappa shape index (κ3) is 2.88. The van der Waals surface area contributed by atoms with Crippen LogP contribution in [0.1, 0.15) is 26.2 Å². The smallest absolute Gasteiger partial charge is 0.185 e. The predicted molar refractivity (Wildman–Crippen MR) is 54.7 cm³/mol. The molecule has 1 rings (SSSR count). The van der Waals surface area contributed by atoms with Gasteiger partial charge < -0.3 is 16.4 Å². The first-order valence-electron chi connectivity index (χ1n) is 4.97. The van der Waals surface area contributed by atoms with Gasteiger partial charge in [0, 0.05) is 18.5 Å². The summed E-state index contributed by atoms with van der Waals surface area (Å²) >= 11 is 0. The molecule has 0 saturated heterocycles. The molecule has 0 bridgehead atoms. The first-order chi connectivity index (χ1) is 6.18. The quantitative estimate of drug-likeness (QED) is 0.365. The van der Waals surface area contributed by atoms with Gasteiger partial charge >= 0.3 is 0 Å². The molecule has 0 unspecified atom stereocenters. The Bertz CT molecular complexity index is 174. The van der Waals surface area contributed by atoms with Gasteiger partial charge in [0.25, 0.3) is 0 Å². The van der Waals surface area contributed by atoms with E-state index in [2.05, 4.69) is 17.6 Å². The fraction of sp³-hybridized carbons (Fsp3) is 0.889. The van der Waals surface area contributed by atoms with E-state index in [0.29, 0.717) is 5.41 Å². The third-order valence-electron chi connectivity index (χ3n) is 2.82. The van der Waals surface area contributed by atoms with Crippen LogP contribution in [0.25, 0.3) is 0 Å². The van der Waals surface area contributed by atoms with Crippen LogP contribution in [-0.2, 0) is 0 Å². The average Bonchev–Trinajstić information content (AvgIpc) is 2.02. The summed E-state index contributed by atoms with van der Waals surface area (Å²) in [7, 11) is 0. The zero-order chi connectivity index (χ0) is 9.73. The van der Waals surface area contributed by atoms with Crippen LogP contribution in [0.5, 0.6) is 0 Å². The van der Waals surface area contributed by atoms with Crippen molar-refractivity contribution in [2.75, 3.05) is 19.6 Å². The first-order valence-corrected chi connectivity index (χ1v) is 4.97. The molecular weight excluding hydrogens is 164 g/mol. The maximum Gasteiger partial charge on any atom is 0.185 e. The summed E-state index contributed by atoms with van der Waals surface area (Å²) in [5.41, 5.74) is 5.62. The Balaban J connectivity index is 2.27. The van der Waals surface area contributed by atoms with E-state index in [4.69, 9.17) is 11.1 Å². The molecule has 1 aliphatic rings. The van der Waals surface area contributed by atoms with Crippen LogP contribution in [-0.4, -0.2) is 25.6 Å². The fourth-order valence-corrected chi connectivity index (χ4v) is 1.77. The molecule has 4 nitrogen and oxygen atoms in total. The van der Waals surface area contributed by atoms with Crippen LogP contribution >= 0.6 is 0 Å². The third-order valence-corrected chi connectivity index (χ3v) is 2.82. The SMILES string of the molecule is CCNCC1(CNC(=N)N)CCC1. The van der Waals surface area contributed by atoms with Crippen LogP contribution in [0.4, 0.5) is 0 Å². The summed E-state index contributed by atoms with van der Waals surface area (Å²) in [6.45, 7) is 5.02. The Morgan fingerprint density at radius 1 is 1.46 bits per heavy atom. The number of hydrogen-bond donors (Lipinski definition) is 4. The number of hydrogen-bond acceptors (Lipinski definition) is 2. The Morgan fingerprint density at radius 2 is 2.15 bits per heavy atom. The minimum Gasteiger partial charge on any atom is -0.370 e. The summed E-state index contributed by atoms with van der Waals surface area (Å²) in [6.07, 6.45) is 3.81. The molecule has 1 saturated carbocycles. The Labute approximate surface area is 79.8 Å². The highest BCUT2D eigenvalue weighted by Gasteiger charge is 2.36. The normalized spacial score (nSPS) is 19.2. The van der Waals surface area contributed by atoms with E-state index in [-0.39, 0.29) is 5.96 Å². The van der Waals surface area contributed by atoms with Crippen molar-refractivity contribution in [3.63, 3.8) is 0 Å². The molecule has 0 heterocycles. The van der Waals surface area contributed by atoms with E-state index in [9.17, 15) is 0 Å². The van der Waals surface area contributed by atoms with Gasteiger partial charge in [0.15, 0.2) is 5.96 Å². The molecular formula is C9H20N4. The lowest BCUT2D eigenvalue weighted by atomic mass is 9.68. The van der Waals surface area contributed by atoms with Crippen LogP contribution in [0.15, 0.2) is 0 Å². The minimum absolute atomic E-state index is 0.0859. The molecule has 5 N–H and O–H groups in total. The topological polar surface area (TPSA) is 73.9 Å². The monoisotopic (exact) mass is 184 g/mol. The lowest BCUT2D eigenvalue weighted by Gasteiger charge is -2.42. The summed E-state index contributed by atoms with van der Waals surface area (Å²) in [5.74, 6) is 0.0859. The second-order valence-corrected chi connectivity index (χ2v) is 3.90. The summed E-state index contributed by atoms with van der Waals surface area (Å²) < 4.78 is 0. The van der Waals surface area contributed by atoms with Crippen molar-refractivity contribution in [1.82, 2.24) is 10.6 Å². The van der Waals surface area contributed by atoms with E-state index in [1.807, 2.05) is 0 Å². The Hall–Kier alpha value is -0.770. The van der Waals surface area contributed by atoms with Crippen LogP contribution in [0, 0.1) is 10.8 Å². The predicted octanol–water partition coefficient (Wildman–Crippen LogP) is 0.249. The molecule has 1 aliphatic carbocycles. The zero-order valence-corrected chi connectivity index (χ0v) is 8.32. The van der Waals surface area contributed by atoms with E-state index in [1.165, 1.54) is 19.3 Å². The first kappa shape index (κ1) is 10.3. The van der Waals surface area contributed by atoms with E-state index in [0.717, 1.165) is 19.6 Å². The second kappa shape index (κ2) is 4.46. The number of nitrogens with two attached hydrogens (primary N) is 1. The van der Waals surface area contributed by atoms with Gasteiger partial charge in [-0.05, 0) is 19.4 Å². The maximum atomic E-state index is 7.10. The minimum atomic E-state index is 0.0859. The number of nitrogens with one attached hydrogen (secondary N) is 3. The molecule has 0 radical (unpaired) electrons. The van der Waals surface area contributed by atoms with Gasteiger partial charge in [-0.2, -0.15) is 0 Å². The van der Waals surface area contributed by atoms with Crippen molar-refractivity contribution in [2.45, 2.75) is 26.2 Å². The van der Waals surface area contributed by atoms with Gasteiger partial charge in [0.1, 0.15) is 0 Å². The standard InChI is InChI=1S/C9H20N4/c1-2-12-6-9(4-3-5-9)7-13-8(10)11/h12H,2-7H2,1H3,(H4,10,11,13).